The number of imidazole rings is 1. The van der Waals surface area contributed by atoms with E-state index in [1.807, 2.05) is 11.5 Å². The lowest BCUT2D eigenvalue weighted by Gasteiger charge is -2.52. The van der Waals surface area contributed by atoms with Crippen molar-refractivity contribution in [1.29, 1.82) is 0 Å². The first-order valence-corrected chi connectivity index (χ1v) is 7.89. The molecule has 0 spiro atoms. The van der Waals surface area contributed by atoms with Crippen LogP contribution in [0.5, 0.6) is 0 Å². The van der Waals surface area contributed by atoms with Crippen molar-refractivity contribution < 1.29 is 9.13 Å². The number of anilines is 1. The van der Waals surface area contributed by atoms with Gasteiger partial charge in [-0.25, -0.2) is 9.37 Å². The molecule has 6 heteroatoms. The maximum absolute atomic E-state index is 13.9. The minimum absolute atomic E-state index is 0.0543. The molecule has 0 radical (unpaired) electrons. The fourth-order valence-electron chi connectivity index (χ4n) is 3.22. The van der Waals surface area contributed by atoms with E-state index < -0.39 is 0 Å². The second kappa shape index (κ2) is 4.95. The zero-order valence-electron chi connectivity index (χ0n) is 12.4. The van der Waals surface area contributed by atoms with Gasteiger partial charge < -0.3 is 15.0 Å². The number of ether oxygens (including phenoxy) is 1. The Morgan fingerprint density at radius 3 is 2.86 bits per heavy atom. The van der Waals surface area contributed by atoms with E-state index >= 15 is 0 Å². The zero-order chi connectivity index (χ0) is 15.4. The number of aromatic nitrogens is 2. The molecule has 2 atom stereocenters. The quantitative estimate of drug-likeness (QED) is 0.908. The molecule has 2 N–H and O–H groups in total. The number of fused-ring (bicyclic) bond motifs is 1. The third-order valence-electron chi connectivity index (χ3n) is 4.56. The Hall–Kier alpha value is -1.14. The van der Waals surface area contributed by atoms with E-state index in [-0.39, 0.29) is 23.4 Å². The minimum Gasteiger partial charge on any atom is -0.378 e. The average Bonchev–Trinajstić information content (AvgIpc) is 2.70. The largest absolute Gasteiger partial charge is 0.378 e. The first-order chi connectivity index (χ1) is 9.86. The van der Waals surface area contributed by atoms with E-state index in [2.05, 4.69) is 34.8 Å². The van der Waals surface area contributed by atoms with E-state index in [0.29, 0.717) is 22.5 Å². The molecule has 1 heterocycles. The van der Waals surface area contributed by atoms with Crippen LogP contribution in [0.25, 0.3) is 11.0 Å². The third-order valence-corrected chi connectivity index (χ3v) is 5.17. The summed E-state index contributed by atoms with van der Waals surface area (Å²) in [7, 11) is 0. The molecular weight excluding hydrogens is 337 g/mol. The highest BCUT2D eigenvalue weighted by atomic mass is 79.9. The molecule has 4 nitrogen and oxygen atoms in total. The van der Waals surface area contributed by atoms with E-state index in [4.69, 9.17) is 10.5 Å². The standard InChI is InChI=1S/C15H19BrFN3O/c1-4-21-13-7-12(15(13,2)3)20-11-6-9(17)8(16)5-10(11)19-14(20)18/h5-6,12-13H,4,7H2,1-3H3,(H2,18,19). The smallest absolute Gasteiger partial charge is 0.201 e. The molecular formula is C15H19BrFN3O. The first-order valence-electron chi connectivity index (χ1n) is 7.10. The maximum Gasteiger partial charge on any atom is 0.201 e. The molecule has 114 valence electrons. The van der Waals surface area contributed by atoms with E-state index in [1.165, 1.54) is 6.07 Å². The van der Waals surface area contributed by atoms with Gasteiger partial charge in [-0.3, -0.25) is 0 Å². The lowest BCUT2D eigenvalue weighted by atomic mass is 9.64. The molecule has 1 aliphatic carbocycles. The maximum atomic E-state index is 13.9. The number of benzene rings is 1. The van der Waals surface area contributed by atoms with Crippen LogP contribution in [0.15, 0.2) is 16.6 Å². The van der Waals surface area contributed by atoms with Crippen LogP contribution < -0.4 is 5.73 Å². The average molecular weight is 356 g/mol. The van der Waals surface area contributed by atoms with Crippen molar-refractivity contribution in [3.8, 4) is 0 Å². The number of halogens is 2. The van der Waals surface area contributed by atoms with Gasteiger partial charge in [-0.05, 0) is 35.3 Å². The van der Waals surface area contributed by atoms with Crippen molar-refractivity contribution in [3.05, 3.63) is 22.4 Å². The van der Waals surface area contributed by atoms with Crippen LogP contribution in [0.3, 0.4) is 0 Å². The predicted octanol–water partition coefficient (Wildman–Crippen LogP) is 3.90. The Balaban J connectivity index is 2.06. The molecule has 1 aromatic heterocycles. The fraction of sp³-hybridized carbons (Fsp3) is 0.533. The summed E-state index contributed by atoms with van der Waals surface area (Å²) in [6.07, 6.45) is 1.07. The molecule has 3 rings (SSSR count). The summed E-state index contributed by atoms with van der Waals surface area (Å²) in [5, 5.41) is 0. The van der Waals surface area contributed by atoms with Gasteiger partial charge in [0, 0.05) is 24.1 Å². The summed E-state index contributed by atoms with van der Waals surface area (Å²) < 4.78 is 22.0. The summed E-state index contributed by atoms with van der Waals surface area (Å²) in [6.45, 7) is 7.00. The van der Waals surface area contributed by atoms with E-state index in [0.717, 1.165) is 11.9 Å². The van der Waals surface area contributed by atoms with Gasteiger partial charge in [0.25, 0.3) is 0 Å². The van der Waals surface area contributed by atoms with E-state index in [9.17, 15) is 4.39 Å². The SMILES string of the molecule is CCOC1CC(n2c(N)nc3cc(Br)c(F)cc32)C1(C)C. The van der Waals surface area contributed by atoms with Gasteiger partial charge >= 0.3 is 0 Å². The number of rotatable bonds is 3. The van der Waals surface area contributed by atoms with Crippen LogP contribution in [0.1, 0.15) is 33.2 Å². The first kappa shape index (κ1) is 14.8. The van der Waals surface area contributed by atoms with Crippen LogP contribution in [0, 0.1) is 11.2 Å². The Morgan fingerprint density at radius 1 is 1.52 bits per heavy atom. The number of nitrogen functional groups attached to an aromatic ring is 1. The lowest BCUT2D eigenvalue weighted by Crippen LogP contribution is -2.51. The van der Waals surface area contributed by atoms with Crippen molar-refractivity contribution >= 4 is 32.9 Å². The molecule has 1 aliphatic rings. The summed E-state index contributed by atoms with van der Waals surface area (Å²) in [6, 6.07) is 3.33. The monoisotopic (exact) mass is 355 g/mol. The van der Waals surface area contributed by atoms with Gasteiger partial charge in [-0.2, -0.15) is 0 Å². The van der Waals surface area contributed by atoms with Crippen molar-refractivity contribution in [3.63, 3.8) is 0 Å². The van der Waals surface area contributed by atoms with Gasteiger partial charge in [-0.1, -0.05) is 13.8 Å². The number of hydrogen-bond acceptors (Lipinski definition) is 3. The van der Waals surface area contributed by atoms with Crippen LogP contribution in [-0.2, 0) is 4.74 Å². The lowest BCUT2D eigenvalue weighted by molar-refractivity contribution is -0.126. The molecule has 0 bridgehead atoms. The summed E-state index contributed by atoms with van der Waals surface area (Å²) in [4.78, 5) is 4.36. The van der Waals surface area contributed by atoms with Gasteiger partial charge in [0.1, 0.15) is 5.82 Å². The molecule has 0 amide bonds. The van der Waals surface area contributed by atoms with Gasteiger partial charge in [-0.15, -0.1) is 0 Å². The Morgan fingerprint density at radius 2 is 2.24 bits per heavy atom. The highest BCUT2D eigenvalue weighted by Crippen LogP contribution is 2.53. The Bertz CT molecular complexity index is 698. The second-order valence-electron chi connectivity index (χ2n) is 6.11. The summed E-state index contributed by atoms with van der Waals surface area (Å²) >= 11 is 3.19. The van der Waals surface area contributed by atoms with E-state index in [1.54, 1.807) is 6.07 Å². The third kappa shape index (κ3) is 2.16. The molecule has 2 unspecified atom stereocenters. The van der Waals surface area contributed by atoms with Crippen LogP contribution >= 0.6 is 15.9 Å². The summed E-state index contributed by atoms with van der Waals surface area (Å²) in [5.74, 6) is 0.123. The highest BCUT2D eigenvalue weighted by Gasteiger charge is 2.50. The molecule has 0 aliphatic heterocycles. The van der Waals surface area contributed by atoms with Crippen LogP contribution in [0.2, 0.25) is 0 Å². The molecule has 1 saturated carbocycles. The molecule has 2 aromatic rings. The van der Waals surface area contributed by atoms with Crippen molar-refractivity contribution in [2.45, 2.75) is 39.3 Å². The van der Waals surface area contributed by atoms with Crippen molar-refractivity contribution in [2.75, 3.05) is 12.3 Å². The van der Waals surface area contributed by atoms with Gasteiger partial charge in [0.05, 0.1) is 21.6 Å². The highest BCUT2D eigenvalue weighted by molar-refractivity contribution is 9.10. The van der Waals surface area contributed by atoms with Crippen molar-refractivity contribution in [2.24, 2.45) is 5.41 Å². The van der Waals surface area contributed by atoms with Crippen LogP contribution in [-0.4, -0.2) is 22.3 Å². The predicted molar refractivity (Wildman–Crippen MR) is 84.7 cm³/mol. The van der Waals surface area contributed by atoms with Gasteiger partial charge in [0.15, 0.2) is 0 Å². The molecule has 1 fully saturated rings. The molecule has 0 saturated heterocycles. The summed E-state index contributed by atoms with van der Waals surface area (Å²) in [5.41, 5.74) is 7.47. The normalized spacial score (nSPS) is 24.2. The second-order valence-corrected chi connectivity index (χ2v) is 6.97. The van der Waals surface area contributed by atoms with Crippen LogP contribution in [0.4, 0.5) is 10.3 Å². The zero-order valence-corrected chi connectivity index (χ0v) is 13.9. The fourth-order valence-corrected chi connectivity index (χ4v) is 3.55. The Kier molecular flexibility index (Phi) is 3.48. The minimum atomic E-state index is -0.304. The number of nitrogens with zero attached hydrogens (tertiary/aromatic N) is 2. The molecule has 21 heavy (non-hydrogen) atoms. The number of nitrogens with two attached hydrogens (primary N) is 1. The molecule has 1 aromatic carbocycles. The van der Waals surface area contributed by atoms with Crippen molar-refractivity contribution in [1.82, 2.24) is 9.55 Å². The number of hydrogen-bond donors (Lipinski definition) is 1. The Labute approximate surface area is 131 Å². The van der Waals surface area contributed by atoms with Gasteiger partial charge in [0.2, 0.25) is 5.95 Å². The topological polar surface area (TPSA) is 53.1 Å².